The lowest BCUT2D eigenvalue weighted by Gasteiger charge is -2.67. The summed E-state index contributed by atoms with van der Waals surface area (Å²) in [5, 5.41) is 79.4. The zero-order valence-electron chi connectivity index (χ0n) is 22.9. The number of hydrogen-bond acceptors (Lipinski definition) is 11. The highest BCUT2D eigenvalue weighted by Crippen LogP contribution is 2.67. The van der Waals surface area contributed by atoms with E-state index in [-0.39, 0.29) is 43.6 Å². The van der Waals surface area contributed by atoms with Crippen LogP contribution in [-0.2, 0) is 19.0 Å². The number of aliphatic hydroxyl groups excluding tert-OH is 5. The van der Waals surface area contributed by atoms with Gasteiger partial charge >= 0.3 is 5.97 Å². The number of ether oxygens (including phenoxy) is 3. The number of esters is 1. The zero-order valence-corrected chi connectivity index (χ0v) is 22.9. The van der Waals surface area contributed by atoms with Crippen molar-refractivity contribution in [3.63, 3.8) is 0 Å². The van der Waals surface area contributed by atoms with Crippen molar-refractivity contribution >= 4 is 5.97 Å². The molecular weight excluding hydrogens is 524 g/mol. The molecule has 7 N–H and O–H groups in total. The molecule has 11 nitrogen and oxygen atoms in total. The van der Waals surface area contributed by atoms with Gasteiger partial charge in [-0.15, -0.1) is 0 Å². The smallest absolute Gasteiger partial charge is 0.344 e. The number of hydrogen-bond donors (Lipinski definition) is 7. The molecular formula is C29H42O11. The topological polar surface area (TPSA) is 186 Å². The third-order valence-electron chi connectivity index (χ3n) is 11.7. The van der Waals surface area contributed by atoms with Gasteiger partial charge in [-0.25, -0.2) is 4.79 Å². The number of rotatable bonds is 4. The van der Waals surface area contributed by atoms with Gasteiger partial charge in [-0.3, -0.25) is 0 Å². The lowest BCUT2D eigenvalue weighted by molar-refractivity contribution is -0.334. The predicted molar refractivity (Wildman–Crippen MR) is 136 cm³/mol. The van der Waals surface area contributed by atoms with E-state index >= 15 is 0 Å². The maximum atomic E-state index is 12.1. The molecule has 4 aliphatic carbocycles. The second kappa shape index (κ2) is 9.84. The third-order valence-corrected chi connectivity index (χ3v) is 11.7. The number of fused-ring (bicyclic) bond motifs is 5. The highest BCUT2D eigenvalue weighted by Gasteiger charge is 2.73. The third kappa shape index (κ3) is 3.94. The van der Waals surface area contributed by atoms with Crippen LogP contribution in [0, 0.1) is 35.0 Å². The van der Waals surface area contributed by atoms with E-state index < -0.39 is 83.8 Å². The van der Waals surface area contributed by atoms with Gasteiger partial charge in [0.05, 0.1) is 59.8 Å². The van der Waals surface area contributed by atoms with Crippen LogP contribution in [0.15, 0.2) is 17.6 Å². The van der Waals surface area contributed by atoms with Crippen LogP contribution in [0.25, 0.3) is 0 Å². The minimum Gasteiger partial charge on any atom is -0.419 e. The average molecular weight is 567 g/mol. The average Bonchev–Trinajstić information content (AvgIpc) is 3.48. The summed E-state index contributed by atoms with van der Waals surface area (Å²) in [5.41, 5.74) is -1.52. The van der Waals surface area contributed by atoms with Crippen molar-refractivity contribution in [3.05, 3.63) is 17.6 Å². The largest absolute Gasteiger partial charge is 0.419 e. The number of carbonyl (C=O) groups excluding carboxylic acids is 1. The minimum atomic E-state index is -1.63. The number of cyclic esters (lactones) is 1. The molecule has 6 aliphatic rings. The van der Waals surface area contributed by atoms with Crippen LogP contribution in [0.3, 0.4) is 0 Å². The summed E-state index contributed by atoms with van der Waals surface area (Å²) in [6.45, 7) is 2.95. The molecule has 0 aromatic heterocycles. The fourth-order valence-electron chi connectivity index (χ4n) is 9.47. The van der Waals surface area contributed by atoms with Crippen molar-refractivity contribution in [1.29, 1.82) is 0 Å². The summed E-state index contributed by atoms with van der Waals surface area (Å²) < 4.78 is 17.2. The monoisotopic (exact) mass is 566 g/mol. The SMILES string of the molecule is CC1OC(OC2CC(O)C3(CO)C4C(O)CC5C(C6=C=CC(=O)O6)CCC5(O)C4CCC3(O)C2)C(O)C(O)C1C. The van der Waals surface area contributed by atoms with Crippen LogP contribution in [0.1, 0.15) is 58.8 Å². The van der Waals surface area contributed by atoms with Crippen molar-refractivity contribution in [3.8, 4) is 0 Å². The van der Waals surface area contributed by atoms with E-state index in [9.17, 15) is 40.5 Å². The molecule has 0 bridgehead atoms. The van der Waals surface area contributed by atoms with E-state index in [1.165, 1.54) is 6.08 Å². The molecule has 2 heterocycles. The molecule has 0 aromatic carbocycles. The lowest BCUT2D eigenvalue weighted by Crippen LogP contribution is -2.74. The fraction of sp³-hybridized carbons (Fsp3) is 0.862. The van der Waals surface area contributed by atoms with Gasteiger partial charge in [-0.1, -0.05) is 12.7 Å². The second-order valence-electron chi connectivity index (χ2n) is 13.3. The van der Waals surface area contributed by atoms with Gasteiger partial charge in [0.1, 0.15) is 6.10 Å². The summed E-state index contributed by atoms with van der Waals surface area (Å²) in [5.74, 6) is -2.42. The minimum absolute atomic E-state index is 0.00351. The van der Waals surface area contributed by atoms with Gasteiger partial charge in [0, 0.05) is 36.5 Å². The fourth-order valence-corrected chi connectivity index (χ4v) is 9.47. The van der Waals surface area contributed by atoms with Crippen molar-refractivity contribution in [2.45, 2.75) is 113 Å². The molecule has 15 unspecified atom stereocenters. The van der Waals surface area contributed by atoms with Gasteiger partial charge in [-0.2, -0.15) is 0 Å². The molecule has 2 aliphatic heterocycles. The quantitative estimate of drug-likeness (QED) is 0.132. The van der Waals surface area contributed by atoms with Gasteiger partial charge in [0.2, 0.25) is 0 Å². The van der Waals surface area contributed by atoms with E-state index in [0.29, 0.717) is 25.0 Å². The molecule has 1 saturated heterocycles. The standard InChI is InChI=1S/C29H42O11/c1-13-14(2)38-26(25(35)24(13)34)39-15-9-21(32)28(12-30)23-17(6-7-27(28,36)11-15)29(37)8-5-16(18(29)10-19(23)31)20-3-4-22(33)40-20/h4,13-19,21,23-26,30-32,34-37H,5-12H2,1-2H3. The van der Waals surface area contributed by atoms with Crippen LogP contribution in [0.5, 0.6) is 0 Å². The Morgan fingerprint density at radius 3 is 2.48 bits per heavy atom. The molecule has 15 atom stereocenters. The molecule has 5 fully saturated rings. The summed E-state index contributed by atoms with van der Waals surface area (Å²) in [6.07, 6.45) is -4.10. The first-order valence-corrected chi connectivity index (χ1v) is 14.6. The molecule has 224 valence electrons. The van der Waals surface area contributed by atoms with Crippen LogP contribution in [-0.4, -0.2) is 102 Å². The highest BCUT2D eigenvalue weighted by molar-refractivity contribution is 5.84. The molecule has 0 amide bonds. The number of carbonyl (C=O) groups is 1. The zero-order chi connectivity index (χ0) is 28.8. The summed E-state index contributed by atoms with van der Waals surface area (Å²) in [6, 6.07) is 0. The summed E-state index contributed by atoms with van der Waals surface area (Å²) in [7, 11) is 0. The first-order valence-electron chi connectivity index (χ1n) is 14.6. The molecule has 0 radical (unpaired) electrons. The molecule has 0 spiro atoms. The van der Waals surface area contributed by atoms with Gasteiger partial charge in [-0.05, 0) is 44.9 Å². The number of aliphatic hydroxyl groups is 7. The molecule has 11 heteroatoms. The Morgan fingerprint density at radius 2 is 1.80 bits per heavy atom. The summed E-state index contributed by atoms with van der Waals surface area (Å²) in [4.78, 5) is 11.7. The maximum Gasteiger partial charge on any atom is 0.344 e. The summed E-state index contributed by atoms with van der Waals surface area (Å²) >= 11 is 0. The van der Waals surface area contributed by atoms with Crippen LogP contribution in [0.2, 0.25) is 0 Å². The van der Waals surface area contributed by atoms with E-state index in [2.05, 4.69) is 5.73 Å². The van der Waals surface area contributed by atoms with Crippen molar-refractivity contribution < 1.29 is 54.8 Å². The Balaban J connectivity index is 1.26. The normalized spacial score (nSPS) is 55.7. The molecule has 0 aromatic rings. The maximum absolute atomic E-state index is 12.1. The Morgan fingerprint density at radius 1 is 1.05 bits per heavy atom. The van der Waals surface area contributed by atoms with E-state index in [1.54, 1.807) is 13.8 Å². The van der Waals surface area contributed by atoms with Gasteiger partial charge < -0.3 is 50.0 Å². The van der Waals surface area contributed by atoms with Crippen molar-refractivity contribution in [2.75, 3.05) is 6.61 Å². The first kappa shape index (κ1) is 28.7. The Bertz CT molecular complexity index is 1090. The van der Waals surface area contributed by atoms with Gasteiger partial charge in [0.15, 0.2) is 12.0 Å². The van der Waals surface area contributed by atoms with E-state index in [0.717, 1.165) is 0 Å². The Labute approximate surface area is 233 Å². The Kier molecular flexibility index (Phi) is 7.07. The van der Waals surface area contributed by atoms with Crippen molar-refractivity contribution in [1.82, 2.24) is 0 Å². The van der Waals surface area contributed by atoms with E-state index in [4.69, 9.17) is 14.2 Å². The predicted octanol–water partition coefficient (Wildman–Crippen LogP) is -0.517. The lowest BCUT2D eigenvalue weighted by atomic mass is 9.42. The second-order valence-corrected chi connectivity index (χ2v) is 13.3. The van der Waals surface area contributed by atoms with Crippen LogP contribution >= 0.6 is 0 Å². The Hall–Kier alpha value is -1.37. The van der Waals surface area contributed by atoms with Crippen LogP contribution in [0.4, 0.5) is 0 Å². The van der Waals surface area contributed by atoms with Crippen molar-refractivity contribution in [2.24, 2.45) is 35.0 Å². The highest BCUT2D eigenvalue weighted by atomic mass is 16.7. The molecule has 6 rings (SSSR count). The van der Waals surface area contributed by atoms with Crippen LogP contribution < -0.4 is 0 Å². The van der Waals surface area contributed by atoms with E-state index in [1.807, 2.05) is 0 Å². The molecule has 40 heavy (non-hydrogen) atoms. The van der Waals surface area contributed by atoms with Gasteiger partial charge in [0.25, 0.3) is 0 Å². The first-order chi connectivity index (χ1) is 18.9. The molecule has 4 saturated carbocycles.